The molecule has 0 radical (unpaired) electrons. The molecule has 0 atom stereocenters. The van der Waals surface area contributed by atoms with Gasteiger partial charge in [0.2, 0.25) is 0 Å². The lowest BCUT2D eigenvalue weighted by Gasteiger charge is -2.28. The van der Waals surface area contributed by atoms with E-state index in [2.05, 4.69) is 32.9 Å². The fourth-order valence-electron chi connectivity index (χ4n) is 3.38. The number of carbonyl (C=O) groups is 1. The van der Waals surface area contributed by atoms with Crippen LogP contribution in [0, 0.1) is 0 Å². The zero-order chi connectivity index (χ0) is 17.8. The Bertz CT molecular complexity index is 469. The monoisotopic (exact) mass is 430 g/mol. The van der Waals surface area contributed by atoms with Crippen molar-refractivity contribution in [2.24, 2.45) is 0 Å². The Morgan fingerprint density at radius 3 is 1.84 bits per heavy atom. The predicted molar refractivity (Wildman–Crippen MR) is 108 cm³/mol. The Kier molecular flexibility index (Phi) is 13.5. The molecule has 0 unspecified atom stereocenters. The zero-order valence-corrected chi connectivity index (χ0v) is 19.0. The highest BCUT2D eigenvalue weighted by Crippen LogP contribution is 2.63. The van der Waals surface area contributed by atoms with Gasteiger partial charge in [-0.3, -0.25) is 0 Å². The second-order valence-electron chi connectivity index (χ2n) is 6.88. The predicted octanol–water partition coefficient (Wildman–Crippen LogP) is 3.40. The second-order valence-corrected chi connectivity index (χ2v) is 11.2. The van der Waals surface area contributed by atoms with Crippen molar-refractivity contribution in [1.29, 1.82) is 0 Å². The van der Waals surface area contributed by atoms with Crippen LogP contribution in [0.15, 0.2) is 24.3 Å². The summed E-state index contributed by atoms with van der Waals surface area (Å²) in [5.41, 5.74) is 1.98. The third kappa shape index (κ3) is 8.22. The van der Waals surface area contributed by atoms with E-state index in [0.29, 0.717) is 0 Å². The van der Waals surface area contributed by atoms with Gasteiger partial charge in [-0.05, 0) is 25.3 Å². The van der Waals surface area contributed by atoms with E-state index in [-0.39, 0.29) is 23.0 Å². The standard InChI is InChI=1S/C21H36O2P.BrH/c1-5-8-15-24(16-9-6-2,17-10-7-3)18-19-13-11-12-14-20(19)21(22)23-4;/h11-14H,5-10,15-18H2,1-4H3;1H/q+1;/p-1. The molecule has 1 aromatic rings. The number of unbranched alkanes of at least 4 members (excludes halogenated alkanes) is 3. The molecule has 0 saturated carbocycles. The van der Waals surface area contributed by atoms with E-state index in [0.717, 1.165) is 11.7 Å². The summed E-state index contributed by atoms with van der Waals surface area (Å²) in [5.74, 6) is -0.190. The molecular formula is C21H36BrO2P. The first-order valence-electron chi connectivity index (χ1n) is 9.63. The molecule has 0 amide bonds. The highest BCUT2D eigenvalue weighted by Gasteiger charge is 2.36. The minimum absolute atomic E-state index is 0. The molecule has 0 aromatic heterocycles. The Morgan fingerprint density at radius 2 is 1.40 bits per heavy atom. The fraction of sp³-hybridized carbons (Fsp3) is 0.667. The molecular weight excluding hydrogens is 395 g/mol. The number of rotatable bonds is 12. The fourth-order valence-corrected chi connectivity index (χ4v) is 8.49. The smallest absolute Gasteiger partial charge is 0.338 e. The van der Waals surface area contributed by atoms with Crippen LogP contribution in [-0.4, -0.2) is 31.6 Å². The molecule has 1 aromatic carbocycles. The number of hydrogen-bond donors (Lipinski definition) is 0. The van der Waals surface area contributed by atoms with E-state index >= 15 is 0 Å². The summed E-state index contributed by atoms with van der Waals surface area (Å²) in [4.78, 5) is 12.2. The molecule has 0 fully saturated rings. The van der Waals surface area contributed by atoms with Crippen LogP contribution in [0.5, 0.6) is 0 Å². The number of ether oxygens (including phenoxy) is 1. The van der Waals surface area contributed by atoms with Gasteiger partial charge in [-0.25, -0.2) is 4.79 Å². The Hall–Kier alpha value is -0.400. The Balaban J connectivity index is 0.00000576. The Morgan fingerprint density at radius 1 is 0.920 bits per heavy atom. The summed E-state index contributed by atoms with van der Waals surface area (Å²) in [6.45, 7) is 6.87. The average Bonchev–Trinajstić information content (AvgIpc) is 2.62. The largest absolute Gasteiger partial charge is 1.00 e. The quantitative estimate of drug-likeness (QED) is 0.375. The van der Waals surface area contributed by atoms with Gasteiger partial charge in [-0.1, -0.05) is 58.2 Å². The van der Waals surface area contributed by atoms with Crippen LogP contribution in [-0.2, 0) is 10.9 Å². The van der Waals surface area contributed by atoms with Gasteiger partial charge >= 0.3 is 5.97 Å². The summed E-state index contributed by atoms with van der Waals surface area (Å²) in [6.07, 6.45) is 13.0. The van der Waals surface area contributed by atoms with Gasteiger partial charge in [0.15, 0.2) is 0 Å². The van der Waals surface area contributed by atoms with Gasteiger partial charge in [0.25, 0.3) is 0 Å². The van der Waals surface area contributed by atoms with E-state index < -0.39 is 7.26 Å². The summed E-state index contributed by atoms with van der Waals surface area (Å²) in [7, 11) is 0.426. The molecule has 0 saturated heterocycles. The molecule has 4 heteroatoms. The van der Waals surface area contributed by atoms with Gasteiger partial charge in [-0.2, -0.15) is 0 Å². The van der Waals surface area contributed by atoms with E-state index in [1.54, 1.807) is 0 Å². The van der Waals surface area contributed by atoms with Gasteiger partial charge in [0.05, 0.1) is 37.3 Å². The van der Waals surface area contributed by atoms with Gasteiger partial charge in [-0.15, -0.1) is 0 Å². The van der Waals surface area contributed by atoms with Crippen LogP contribution < -0.4 is 17.0 Å². The lowest BCUT2D eigenvalue weighted by atomic mass is 10.1. The lowest BCUT2D eigenvalue weighted by molar-refractivity contribution is -0.0000201. The van der Waals surface area contributed by atoms with Crippen molar-refractivity contribution < 1.29 is 26.5 Å². The first-order valence-corrected chi connectivity index (χ1v) is 12.2. The number of carbonyl (C=O) groups excluding carboxylic acids is 1. The molecule has 2 nitrogen and oxygen atoms in total. The van der Waals surface area contributed by atoms with E-state index in [1.807, 2.05) is 12.1 Å². The van der Waals surface area contributed by atoms with Crippen LogP contribution >= 0.6 is 7.26 Å². The van der Waals surface area contributed by atoms with Crippen LogP contribution in [0.2, 0.25) is 0 Å². The highest BCUT2D eigenvalue weighted by atomic mass is 79.9. The molecule has 144 valence electrons. The van der Waals surface area contributed by atoms with E-state index in [4.69, 9.17) is 4.74 Å². The van der Waals surface area contributed by atoms with Crippen LogP contribution in [0.3, 0.4) is 0 Å². The summed E-state index contributed by atoms with van der Waals surface area (Å²) in [6, 6.07) is 8.08. The summed E-state index contributed by atoms with van der Waals surface area (Å²) < 4.78 is 5.01. The minimum atomic E-state index is -1.05. The Labute approximate surface area is 166 Å². The van der Waals surface area contributed by atoms with Crippen LogP contribution in [0.4, 0.5) is 0 Å². The van der Waals surface area contributed by atoms with Crippen molar-refractivity contribution in [2.45, 2.75) is 65.5 Å². The summed E-state index contributed by atoms with van der Waals surface area (Å²) in [5, 5.41) is 0. The number of benzene rings is 1. The van der Waals surface area contributed by atoms with Crippen molar-refractivity contribution >= 4 is 13.2 Å². The zero-order valence-electron chi connectivity index (χ0n) is 16.5. The molecule has 1 rings (SSSR count). The topological polar surface area (TPSA) is 26.3 Å². The minimum Gasteiger partial charge on any atom is -1.00 e. The second kappa shape index (κ2) is 13.8. The molecule has 0 bridgehead atoms. The van der Waals surface area contributed by atoms with Crippen molar-refractivity contribution in [2.75, 3.05) is 25.6 Å². The highest BCUT2D eigenvalue weighted by molar-refractivity contribution is 7.75. The van der Waals surface area contributed by atoms with E-state index in [9.17, 15) is 4.79 Å². The maximum Gasteiger partial charge on any atom is 0.338 e. The molecule has 0 aliphatic carbocycles. The average molecular weight is 431 g/mol. The molecule has 0 spiro atoms. The third-order valence-electron chi connectivity index (χ3n) is 4.89. The lowest BCUT2D eigenvalue weighted by Crippen LogP contribution is -3.00. The first-order chi connectivity index (χ1) is 11.6. The van der Waals surface area contributed by atoms with Crippen molar-refractivity contribution in [3.8, 4) is 0 Å². The maximum atomic E-state index is 12.2. The number of esters is 1. The van der Waals surface area contributed by atoms with Gasteiger partial charge in [0, 0.05) is 12.8 Å². The molecule has 0 N–H and O–H groups in total. The van der Waals surface area contributed by atoms with Crippen molar-refractivity contribution in [3.63, 3.8) is 0 Å². The third-order valence-corrected chi connectivity index (χ3v) is 9.69. The number of methoxy groups -OCH3 is 1. The summed E-state index contributed by atoms with van der Waals surface area (Å²) >= 11 is 0. The SMILES string of the molecule is CCCC[P+](CCCC)(CCCC)Cc1ccccc1C(=O)OC.[Br-]. The number of halogens is 1. The molecule has 25 heavy (non-hydrogen) atoms. The van der Waals surface area contributed by atoms with Gasteiger partial charge in [0.1, 0.15) is 0 Å². The molecule has 0 aliphatic rings. The van der Waals surface area contributed by atoms with Crippen molar-refractivity contribution in [1.82, 2.24) is 0 Å². The van der Waals surface area contributed by atoms with Crippen LogP contribution in [0.25, 0.3) is 0 Å². The van der Waals surface area contributed by atoms with Crippen molar-refractivity contribution in [3.05, 3.63) is 35.4 Å². The molecule has 0 aliphatic heterocycles. The molecule has 0 heterocycles. The maximum absolute atomic E-state index is 12.2. The number of hydrogen-bond acceptors (Lipinski definition) is 2. The van der Waals surface area contributed by atoms with Crippen LogP contribution in [0.1, 0.15) is 75.2 Å². The van der Waals surface area contributed by atoms with E-state index in [1.165, 1.54) is 69.7 Å². The van der Waals surface area contributed by atoms with Gasteiger partial charge < -0.3 is 21.7 Å². The normalized spacial score (nSPS) is 11.0. The first kappa shape index (κ1) is 24.6.